The van der Waals surface area contributed by atoms with E-state index in [1.54, 1.807) is 12.3 Å². The van der Waals surface area contributed by atoms with E-state index in [0.717, 1.165) is 16.2 Å². The third kappa shape index (κ3) is 3.57. The lowest BCUT2D eigenvalue weighted by Gasteiger charge is -2.01. The maximum atomic E-state index is 12.2. The van der Waals surface area contributed by atoms with Gasteiger partial charge in [-0.05, 0) is 36.4 Å². The number of hydrogen-bond acceptors (Lipinski definition) is 6. The van der Waals surface area contributed by atoms with Crippen molar-refractivity contribution in [2.24, 2.45) is 0 Å². The molecule has 4 aromatic rings. The molecule has 3 aromatic heterocycles. The lowest BCUT2D eigenvalue weighted by atomic mass is 10.2. The molecule has 6 nitrogen and oxygen atoms in total. The van der Waals surface area contributed by atoms with Gasteiger partial charge in [-0.2, -0.15) is 4.98 Å². The number of benzene rings is 1. The van der Waals surface area contributed by atoms with Crippen LogP contribution in [-0.2, 0) is 6.42 Å². The molecule has 0 atom stereocenters. The second kappa shape index (κ2) is 7.37. The highest BCUT2D eigenvalue weighted by Crippen LogP contribution is 2.28. The maximum Gasteiger partial charge on any atom is 0.261 e. The Labute approximate surface area is 153 Å². The van der Waals surface area contributed by atoms with Crippen molar-refractivity contribution in [3.8, 4) is 22.2 Å². The van der Waals surface area contributed by atoms with E-state index in [1.807, 2.05) is 48.5 Å². The summed E-state index contributed by atoms with van der Waals surface area (Å²) >= 11 is 1.33. The summed E-state index contributed by atoms with van der Waals surface area (Å²) in [6, 6.07) is 16.9. The van der Waals surface area contributed by atoms with Gasteiger partial charge in [0.2, 0.25) is 5.82 Å². The van der Waals surface area contributed by atoms with Crippen LogP contribution in [0.25, 0.3) is 22.2 Å². The molecule has 0 aliphatic carbocycles. The number of hydrogen-bond donors (Lipinski definition) is 1. The van der Waals surface area contributed by atoms with Gasteiger partial charge in [-0.25, -0.2) is 0 Å². The van der Waals surface area contributed by atoms with Gasteiger partial charge in [-0.1, -0.05) is 23.4 Å². The van der Waals surface area contributed by atoms with Crippen LogP contribution >= 0.6 is 11.3 Å². The number of thiophene rings is 1. The molecule has 130 valence electrons. The number of amides is 1. The predicted molar refractivity (Wildman–Crippen MR) is 97.8 cm³/mol. The third-order valence-corrected chi connectivity index (χ3v) is 4.81. The first-order valence-electron chi connectivity index (χ1n) is 8.09. The summed E-state index contributed by atoms with van der Waals surface area (Å²) in [5, 5.41) is 6.89. The topological polar surface area (TPSA) is 81.2 Å². The van der Waals surface area contributed by atoms with Gasteiger partial charge in [-0.15, -0.1) is 11.3 Å². The summed E-state index contributed by atoms with van der Waals surface area (Å²) in [6.07, 6.45) is 2.28. The Morgan fingerprint density at radius 2 is 1.96 bits per heavy atom. The summed E-state index contributed by atoms with van der Waals surface area (Å²) in [7, 11) is 0. The summed E-state index contributed by atoms with van der Waals surface area (Å²) in [5.41, 5.74) is 0.860. The van der Waals surface area contributed by atoms with Crippen LogP contribution in [0, 0.1) is 0 Å². The molecule has 0 spiro atoms. The van der Waals surface area contributed by atoms with Crippen molar-refractivity contribution in [3.63, 3.8) is 0 Å². The van der Waals surface area contributed by atoms with Crippen LogP contribution < -0.4 is 5.32 Å². The minimum absolute atomic E-state index is 0.125. The highest BCUT2D eigenvalue weighted by atomic mass is 32.1. The number of nitrogens with zero attached hydrogens (tertiary/aromatic N) is 2. The highest BCUT2D eigenvalue weighted by Gasteiger charge is 2.15. The van der Waals surface area contributed by atoms with Crippen LogP contribution in [0.5, 0.6) is 0 Å². The van der Waals surface area contributed by atoms with Gasteiger partial charge in [-0.3, -0.25) is 4.79 Å². The molecule has 1 N–H and O–H groups in total. The Bertz CT molecular complexity index is 990. The average molecular weight is 365 g/mol. The molecule has 0 unspecified atom stereocenters. The van der Waals surface area contributed by atoms with E-state index in [9.17, 15) is 4.79 Å². The van der Waals surface area contributed by atoms with Gasteiger partial charge in [0.15, 0.2) is 0 Å². The maximum absolute atomic E-state index is 12.2. The molecule has 7 heteroatoms. The molecular weight excluding hydrogens is 350 g/mol. The molecule has 0 radical (unpaired) electrons. The normalized spacial score (nSPS) is 10.8. The lowest BCUT2D eigenvalue weighted by Crippen LogP contribution is -2.24. The first kappa shape index (κ1) is 16.3. The fourth-order valence-electron chi connectivity index (χ4n) is 2.44. The van der Waals surface area contributed by atoms with Gasteiger partial charge >= 0.3 is 0 Å². The van der Waals surface area contributed by atoms with Crippen molar-refractivity contribution in [2.75, 3.05) is 6.54 Å². The second-order valence-electron chi connectivity index (χ2n) is 5.54. The van der Waals surface area contributed by atoms with E-state index in [0.29, 0.717) is 29.6 Å². The SMILES string of the molecule is O=C(NCCc1ccco1)c1ccc(-c2noc(-c3ccccc3)n2)s1. The van der Waals surface area contributed by atoms with Crippen molar-refractivity contribution in [1.29, 1.82) is 0 Å². The van der Waals surface area contributed by atoms with E-state index in [2.05, 4.69) is 15.5 Å². The van der Waals surface area contributed by atoms with E-state index < -0.39 is 0 Å². The number of carbonyl (C=O) groups is 1. The summed E-state index contributed by atoms with van der Waals surface area (Å²) < 4.78 is 10.6. The van der Waals surface area contributed by atoms with Gasteiger partial charge in [0.1, 0.15) is 5.76 Å². The van der Waals surface area contributed by atoms with E-state index >= 15 is 0 Å². The Balaban J connectivity index is 1.41. The predicted octanol–water partition coefficient (Wildman–Crippen LogP) is 4.03. The third-order valence-electron chi connectivity index (χ3n) is 3.73. The molecule has 1 aromatic carbocycles. The smallest absolute Gasteiger partial charge is 0.261 e. The fourth-order valence-corrected chi connectivity index (χ4v) is 3.29. The van der Waals surface area contributed by atoms with E-state index in [4.69, 9.17) is 8.94 Å². The van der Waals surface area contributed by atoms with Crippen LogP contribution in [0.2, 0.25) is 0 Å². The number of rotatable bonds is 6. The molecule has 3 heterocycles. The minimum atomic E-state index is -0.125. The Morgan fingerprint density at radius 1 is 1.08 bits per heavy atom. The molecular formula is C19H15N3O3S. The van der Waals surface area contributed by atoms with Crippen LogP contribution in [-0.4, -0.2) is 22.6 Å². The molecule has 0 saturated carbocycles. The highest BCUT2D eigenvalue weighted by molar-refractivity contribution is 7.17. The summed E-state index contributed by atoms with van der Waals surface area (Å²) in [6.45, 7) is 0.514. The monoisotopic (exact) mass is 365 g/mol. The molecule has 0 bridgehead atoms. The van der Waals surface area contributed by atoms with Crippen molar-refractivity contribution in [2.45, 2.75) is 6.42 Å². The van der Waals surface area contributed by atoms with Crippen molar-refractivity contribution < 1.29 is 13.7 Å². The molecule has 4 rings (SSSR count). The number of furan rings is 1. The molecule has 26 heavy (non-hydrogen) atoms. The first-order chi connectivity index (χ1) is 12.8. The second-order valence-corrected chi connectivity index (χ2v) is 6.62. The zero-order chi connectivity index (χ0) is 17.8. The van der Waals surface area contributed by atoms with Crippen LogP contribution in [0.4, 0.5) is 0 Å². The van der Waals surface area contributed by atoms with Gasteiger partial charge in [0.05, 0.1) is 16.0 Å². The van der Waals surface area contributed by atoms with Crippen molar-refractivity contribution in [1.82, 2.24) is 15.5 Å². The van der Waals surface area contributed by atoms with Crippen LogP contribution in [0.1, 0.15) is 15.4 Å². The molecule has 0 aliphatic heterocycles. The number of aromatic nitrogens is 2. The van der Waals surface area contributed by atoms with Crippen molar-refractivity contribution in [3.05, 3.63) is 71.5 Å². The van der Waals surface area contributed by atoms with Crippen LogP contribution in [0.15, 0.2) is 69.8 Å². The summed E-state index contributed by atoms with van der Waals surface area (Å²) in [4.78, 5) is 18.0. The van der Waals surface area contributed by atoms with E-state index in [-0.39, 0.29) is 5.91 Å². The fraction of sp³-hybridized carbons (Fsp3) is 0.105. The minimum Gasteiger partial charge on any atom is -0.469 e. The summed E-state index contributed by atoms with van der Waals surface area (Å²) in [5.74, 6) is 1.65. The Morgan fingerprint density at radius 3 is 2.77 bits per heavy atom. The zero-order valence-corrected chi connectivity index (χ0v) is 14.5. The molecule has 0 aliphatic rings. The number of nitrogens with one attached hydrogen (secondary N) is 1. The van der Waals surface area contributed by atoms with E-state index in [1.165, 1.54) is 11.3 Å². The quantitative estimate of drug-likeness (QED) is 0.558. The van der Waals surface area contributed by atoms with Gasteiger partial charge < -0.3 is 14.3 Å². The van der Waals surface area contributed by atoms with Crippen molar-refractivity contribution >= 4 is 17.2 Å². The Kier molecular flexibility index (Phi) is 4.61. The van der Waals surface area contributed by atoms with Crippen LogP contribution in [0.3, 0.4) is 0 Å². The van der Waals surface area contributed by atoms with Gasteiger partial charge in [0.25, 0.3) is 11.8 Å². The Hall–Kier alpha value is -3.19. The molecule has 0 saturated heterocycles. The van der Waals surface area contributed by atoms with Gasteiger partial charge in [0, 0.05) is 18.5 Å². The lowest BCUT2D eigenvalue weighted by molar-refractivity contribution is 0.0958. The number of carbonyl (C=O) groups excluding carboxylic acids is 1. The first-order valence-corrected chi connectivity index (χ1v) is 8.91. The largest absolute Gasteiger partial charge is 0.469 e. The molecule has 1 amide bonds. The molecule has 0 fully saturated rings. The average Bonchev–Trinajstić information content (AvgIpc) is 3.42. The standard InChI is InChI=1S/C19H15N3O3S/c23-18(20-11-10-14-7-4-12-24-14)16-9-8-15(26-16)17-21-19(25-22-17)13-5-2-1-3-6-13/h1-9,12H,10-11H2,(H,20,23). The zero-order valence-electron chi connectivity index (χ0n) is 13.7.